The number of ether oxygens (including phenoxy) is 2. The summed E-state index contributed by atoms with van der Waals surface area (Å²) in [7, 11) is 1.57. The number of nitrogens with one attached hydrogen (secondary N) is 1. The number of methoxy groups -OCH3 is 1. The Morgan fingerprint density at radius 2 is 1.51 bits per heavy atom. The first-order valence-corrected chi connectivity index (χ1v) is 12.3. The van der Waals surface area contributed by atoms with E-state index in [0.717, 1.165) is 22.4 Å². The Morgan fingerprint density at radius 1 is 0.914 bits per heavy atom. The van der Waals surface area contributed by atoms with Gasteiger partial charge in [-0.1, -0.05) is 81.2 Å². The largest absolute Gasteiger partial charge is 0.493 e. The van der Waals surface area contributed by atoms with E-state index >= 15 is 0 Å². The molecule has 0 aliphatic carbocycles. The van der Waals surface area contributed by atoms with E-state index in [4.69, 9.17) is 32.7 Å². The van der Waals surface area contributed by atoms with Crippen molar-refractivity contribution in [1.29, 1.82) is 0 Å². The van der Waals surface area contributed by atoms with Gasteiger partial charge in [0, 0.05) is 27.4 Å². The van der Waals surface area contributed by atoms with Crippen molar-refractivity contribution in [2.24, 2.45) is 0 Å². The molecule has 1 N–H and O–H groups in total. The molecule has 3 aromatic carbocycles. The molecule has 35 heavy (non-hydrogen) atoms. The lowest BCUT2D eigenvalue weighted by Crippen LogP contribution is -2.13. The summed E-state index contributed by atoms with van der Waals surface area (Å²) in [5.41, 5.74) is 4.66. The smallest absolute Gasteiger partial charge is 0.248 e. The quantitative estimate of drug-likeness (QED) is 0.293. The van der Waals surface area contributed by atoms with E-state index in [2.05, 4.69) is 45.1 Å². The van der Waals surface area contributed by atoms with Crippen LogP contribution < -0.4 is 14.8 Å². The first-order valence-electron chi connectivity index (χ1n) is 11.6. The van der Waals surface area contributed by atoms with Crippen LogP contribution in [0.4, 0.5) is 5.69 Å². The molecule has 0 spiro atoms. The molecule has 0 atom stereocenters. The lowest BCUT2D eigenvalue weighted by Gasteiger charge is -2.19. The van der Waals surface area contributed by atoms with Crippen LogP contribution in [0.1, 0.15) is 61.8 Å². The first kappa shape index (κ1) is 26.7. The summed E-state index contributed by atoms with van der Waals surface area (Å²) in [4.78, 5) is 12.8. The van der Waals surface area contributed by atoms with Crippen LogP contribution in [0.15, 0.2) is 60.7 Å². The van der Waals surface area contributed by atoms with Crippen molar-refractivity contribution < 1.29 is 14.3 Å². The van der Waals surface area contributed by atoms with E-state index in [1.807, 2.05) is 18.2 Å². The molecule has 0 aliphatic rings. The second-order valence-corrected chi connectivity index (χ2v) is 9.66. The van der Waals surface area contributed by atoms with Gasteiger partial charge in [-0.05, 0) is 58.9 Å². The van der Waals surface area contributed by atoms with Crippen molar-refractivity contribution >= 4 is 40.9 Å². The summed E-state index contributed by atoms with van der Waals surface area (Å²) in [5.74, 6) is 1.50. The first-order chi connectivity index (χ1) is 16.7. The highest BCUT2D eigenvalue weighted by Gasteiger charge is 2.15. The minimum atomic E-state index is -0.187. The van der Waals surface area contributed by atoms with E-state index in [9.17, 15) is 4.79 Å². The number of amides is 1. The van der Waals surface area contributed by atoms with Crippen LogP contribution in [-0.2, 0) is 11.4 Å². The molecule has 0 aromatic heterocycles. The van der Waals surface area contributed by atoms with Gasteiger partial charge in [0.15, 0.2) is 11.5 Å². The molecular weight excluding hydrogens is 481 g/mol. The summed E-state index contributed by atoms with van der Waals surface area (Å²) in [6.07, 6.45) is 3.28. The zero-order valence-corrected chi connectivity index (χ0v) is 22.2. The maximum Gasteiger partial charge on any atom is 0.248 e. The Balaban J connectivity index is 1.75. The van der Waals surface area contributed by atoms with Crippen molar-refractivity contribution in [3.05, 3.63) is 93.0 Å². The predicted octanol–water partition coefficient (Wildman–Crippen LogP) is 8.48. The molecule has 0 heterocycles. The highest BCUT2D eigenvalue weighted by atomic mass is 35.5. The van der Waals surface area contributed by atoms with Crippen LogP contribution in [0, 0.1) is 0 Å². The summed E-state index contributed by atoms with van der Waals surface area (Å²) in [6, 6.07) is 17.0. The van der Waals surface area contributed by atoms with Gasteiger partial charge in [0.05, 0.1) is 7.11 Å². The van der Waals surface area contributed by atoms with Gasteiger partial charge < -0.3 is 14.8 Å². The van der Waals surface area contributed by atoms with Crippen LogP contribution in [0.5, 0.6) is 11.5 Å². The molecule has 0 radical (unpaired) electrons. The second kappa shape index (κ2) is 12.1. The fourth-order valence-corrected chi connectivity index (χ4v) is 4.27. The van der Waals surface area contributed by atoms with E-state index in [1.54, 1.807) is 37.5 Å². The van der Waals surface area contributed by atoms with Crippen LogP contribution in [0.3, 0.4) is 0 Å². The van der Waals surface area contributed by atoms with Crippen molar-refractivity contribution in [2.45, 2.75) is 46.1 Å². The third-order valence-electron chi connectivity index (χ3n) is 5.67. The zero-order valence-electron chi connectivity index (χ0n) is 20.7. The molecule has 3 aromatic rings. The number of hydrogen-bond acceptors (Lipinski definition) is 3. The normalized spacial score (nSPS) is 11.3. The second-order valence-electron chi connectivity index (χ2n) is 8.84. The predicted molar refractivity (Wildman–Crippen MR) is 146 cm³/mol. The standard InChI is InChI=1S/C29H31Cl2NO3/c1-18(2)21-8-6-9-22(19(3)4)29(21)32-28(33)15-13-20-12-14-26(27(16-20)34-5)35-17-23-24(30)10-7-11-25(23)31/h6-16,18-19H,17H2,1-5H3,(H,32,33)/b15-13+. The van der Waals surface area contributed by atoms with Crippen LogP contribution >= 0.6 is 23.2 Å². The third-order valence-corrected chi connectivity index (χ3v) is 6.38. The summed E-state index contributed by atoms with van der Waals surface area (Å²) in [6.45, 7) is 8.71. The lowest BCUT2D eigenvalue weighted by atomic mass is 9.92. The molecule has 0 saturated carbocycles. The van der Waals surface area contributed by atoms with Gasteiger partial charge in [0.25, 0.3) is 0 Å². The Kier molecular flexibility index (Phi) is 9.25. The number of carbonyl (C=O) groups excluding carboxylic acids is 1. The Labute approximate surface area is 217 Å². The lowest BCUT2D eigenvalue weighted by molar-refractivity contribution is -0.111. The van der Waals surface area contributed by atoms with E-state index in [1.165, 1.54) is 6.08 Å². The van der Waals surface area contributed by atoms with Gasteiger partial charge in [-0.2, -0.15) is 0 Å². The Hall–Kier alpha value is -2.95. The van der Waals surface area contributed by atoms with E-state index < -0.39 is 0 Å². The van der Waals surface area contributed by atoms with Gasteiger partial charge in [-0.15, -0.1) is 0 Å². The van der Waals surface area contributed by atoms with Crippen molar-refractivity contribution in [3.8, 4) is 11.5 Å². The van der Waals surface area contributed by atoms with Crippen LogP contribution in [0.2, 0.25) is 10.0 Å². The molecule has 0 fully saturated rings. The average Bonchev–Trinajstić information content (AvgIpc) is 2.82. The summed E-state index contributed by atoms with van der Waals surface area (Å²) >= 11 is 12.5. The third kappa shape index (κ3) is 6.81. The molecule has 0 saturated heterocycles. The number of hydrogen-bond donors (Lipinski definition) is 1. The van der Waals surface area contributed by atoms with Gasteiger partial charge in [-0.3, -0.25) is 4.79 Å². The summed E-state index contributed by atoms with van der Waals surface area (Å²) < 4.78 is 11.4. The molecule has 184 valence electrons. The monoisotopic (exact) mass is 511 g/mol. The van der Waals surface area contributed by atoms with Gasteiger partial charge in [0.1, 0.15) is 6.61 Å². The molecule has 1 amide bonds. The number of para-hydroxylation sites is 1. The van der Waals surface area contributed by atoms with Crippen LogP contribution in [0.25, 0.3) is 6.08 Å². The van der Waals surface area contributed by atoms with Gasteiger partial charge >= 0.3 is 0 Å². The number of carbonyl (C=O) groups is 1. The fraction of sp³-hybridized carbons (Fsp3) is 0.276. The molecule has 0 aliphatic heterocycles. The topological polar surface area (TPSA) is 47.6 Å². The SMILES string of the molecule is COc1cc(/C=C/C(=O)Nc2c(C(C)C)cccc2C(C)C)ccc1OCc1c(Cl)cccc1Cl. The number of rotatable bonds is 9. The van der Waals surface area contributed by atoms with Gasteiger partial charge in [0.2, 0.25) is 5.91 Å². The highest BCUT2D eigenvalue weighted by Crippen LogP contribution is 2.33. The number of anilines is 1. The summed E-state index contributed by atoms with van der Waals surface area (Å²) in [5, 5.41) is 4.18. The van der Waals surface area contributed by atoms with E-state index in [0.29, 0.717) is 38.9 Å². The molecule has 6 heteroatoms. The van der Waals surface area contributed by atoms with E-state index in [-0.39, 0.29) is 12.5 Å². The van der Waals surface area contributed by atoms with Crippen molar-refractivity contribution in [2.75, 3.05) is 12.4 Å². The maximum atomic E-state index is 12.8. The number of halogens is 2. The molecule has 3 rings (SSSR count). The Bertz CT molecular complexity index is 1170. The highest BCUT2D eigenvalue weighted by molar-refractivity contribution is 6.35. The maximum absolute atomic E-state index is 12.8. The van der Waals surface area contributed by atoms with Crippen molar-refractivity contribution in [1.82, 2.24) is 0 Å². The minimum absolute atomic E-state index is 0.187. The molecule has 0 unspecified atom stereocenters. The van der Waals surface area contributed by atoms with Crippen LogP contribution in [-0.4, -0.2) is 13.0 Å². The molecular formula is C29H31Cl2NO3. The average molecular weight is 512 g/mol. The number of benzene rings is 3. The fourth-order valence-electron chi connectivity index (χ4n) is 3.76. The van der Waals surface area contributed by atoms with Gasteiger partial charge in [-0.25, -0.2) is 0 Å². The zero-order chi connectivity index (χ0) is 25.5. The van der Waals surface area contributed by atoms with Crippen molar-refractivity contribution in [3.63, 3.8) is 0 Å². The molecule has 4 nitrogen and oxygen atoms in total. The molecule has 0 bridgehead atoms. The Morgan fingerprint density at radius 3 is 2.09 bits per heavy atom. The minimum Gasteiger partial charge on any atom is -0.493 e.